The van der Waals surface area contributed by atoms with E-state index in [1.807, 2.05) is 36.9 Å². The summed E-state index contributed by atoms with van der Waals surface area (Å²) >= 11 is 0. The molecule has 0 N–H and O–H groups in total. The molecular weight excluding hydrogens is 459 g/mol. The number of carbonyl (C=O) groups is 2. The van der Waals surface area contributed by atoms with Crippen molar-refractivity contribution in [1.82, 2.24) is 9.80 Å². The van der Waals surface area contributed by atoms with Gasteiger partial charge in [0.05, 0.1) is 6.04 Å². The summed E-state index contributed by atoms with van der Waals surface area (Å²) in [5.74, 6) is 1.26. The Labute approximate surface area is 210 Å². The first-order chi connectivity index (χ1) is 17.3. The Morgan fingerprint density at radius 1 is 1.11 bits per heavy atom. The topological polar surface area (TPSA) is 63.0 Å². The standard InChI is InChI=1S/C29H31FN2O4/c1-18(2)31(3)29(34)26-13-12-24(36-26)17-35-23-11-8-19-14-15-32(28(33)21-4-5-21)27(25(19)16-23)20-6-9-22(30)10-7-20/h6-13,16,18,21,27H,4-5,14-15,17H2,1-3H3. The molecule has 5 rings (SSSR count). The number of carbonyl (C=O) groups excluding carboxylic acids is 2. The largest absolute Gasteiger partial charge is 0.486 e. The van der Waals surface area contributed by atoms with E-state index >= 15 is 0 Å². The minimum atomic E-state index is -0.303. The minimum absolute atomic E-state index is 0.0678. The highest BCUT2D eigenvalue weighted by atomic mass is 19.1. The average Bonchev–Trinajstić information content (AvgIpc) is 3.63. The van der Waals surface area contributed by atoms with E-state index in [-0.39, 0.29) is 48.0 Å². The van der Waals surface area contributed by atoms with Gasteiger partial charge < -0.3 is 19.0 Å². The highest BCUT2D eigenvalue weighted by Gasteiger charge is 2.39. The van der Waals surface area contributed by atoms with E-state index < -0.39 is 0 Å². The fourth-order valence-electron chi connectivity index (χ4n) is 4.62. The van der Waals surface area contributed by atoms with Crippen molar-refractivity contribution in [3.8, 4) is 5.75 Å². The number of hydrogen-bond acceptors (Lipinski definition) is 4. The molecule has 0 bridgehead atoms. The lowest BCUT2D eigenvalue weighted by Gasteiger charge is -2.38. The smallest absolute Gasteiger partial charge is 0.289 e. The molecular formula is C29H31FN2O4. The van der Waals surface area contributed by atoms with Crippen LogP contribution in [0.25, 0.3) is 0 Å². The fraction of sp³-hybridized carbons (Fsp3) is 0.379. The number of halogens is 1. The Hall–Kier alpha value is -3.61. The minimum Gasteiger partial charge on any atom is -0.486 e. The lowest BCUT2D eigenvalue weighted by Crippen LogP contribution is -2.41. The second-order valence-electron chi connectivity index (χ2n) is 9.94. The van der Waals surface area contributed by atoms with Crippen LogP contribution in [0.1, 0.15) is 65.7 Å². The Kier molecular flexibility index (Phi) is 6.56. The predicted molar refractivity (Wildman–Crippen MR) is 133 cm³/mol. The molecule has 1 aromatic heterocycles. The maximum Gasteiger partial charge on any atom is 0.289 e. The summed E-state index contributed by atoms with van der Waals surface area (Å²) in [7, 11) is 1.74. The van der Waals surface area contributed by atoms with Crippen molar-refractivity contribution in [3.05, 3.63) is 88.6 Å². The van der Waals surface area contributed by atoms with Gasteiger partial charge in [-0.25, -0.2) is 4.39 Å². The number of furan rings is 1. The summed E-state index contributed by atoms with van der Waals surface area (Å²) < 4.78 is 25.4. The van der Waals surface area contributed by atoms with Crippen molar-refractivity contribution in [2.45, 2.75) is 51.8 Å². The zero-order valence-electron chi connectivity index (χ0n) is 20.9. The molecule has 2 amide bonds. The van der Waals surface area contributed by atoms with Crippen molar-refractivity contribution in [1.29, 1.82) is 0 Å². The first-order valence-electron chi connectivity index (χ1n) is 12.5. The molecule has 0 radical (unpaired) electrons. The molecule has 36 heavy (non-hydrogen) atoms. The predicted octanol–water partition coefficient (Wildman–Crippen LogP) is 5.36. The second kappa shape index (κ2) is 9.80. The quantitative estimate of drug-likeness (QED) is 0.447. The molecule has 3 aromatic rings. The van der Waals surface area contributed by atoms with Crippen LogP contribution in [0.2, 0.25) is 0 Å². The number of fused-ring (bicyclic) bond motifs is 1. The van der Waals surface area contributed by atoms with Crippen LogP contribution in [0.3, 0.4) is 0 Å². The molecule has 2 aliphatic rings. The number of benzene rings is 2. The van der Waals surface area contributed by atoms with E-state index in [4.69, 9.17) is 9.15 Å². The van der Waals surface area contributed by atoms with Crippen molar-refractivity contribution in [3.63, 3.8) is 0 Å². The zero-order valence-corrected chi connectivity index (χ0v) is 20.9. The maximum atomic E-state index is 13.7. The fourth-order valence-corrected chi connectivity index (χ4v) is 4.62. The van der Waals surface area contributed by atoms with Gasteiger partial charge in [-0.2, -0.15) is 0 Å². The van der Waals surface area contributed by atoms with Gasteiger partial charge in [-0.1, -0.05) is 18.2 Å². The number of rotatable bonds is 7. The van der Waals surface area contributed by atoms with Crippen LogP contribution in [0.4, 0.5) is 4.39 Å². The summed E-state index contributed by atoms with van der Waals surface area (Å²) in [6.07, 6.45) is 2.63. The van der Waals surface area contributed by atoms with Gasteiger partial charge in [-0.3, -0.25) is 9.59 Å². The van der Waals surface area contributed by atoms with E-state index in [1.54, 1.807) is 36.2 Å². The molecule has 1 aliphatic carbocycles. The monoisotopic (exact) mass is 490 g/mol. The van der Waals surface area contributed by atoms with Crippen LogP contribution >= 0.6 is 0 Å². The number of nitrogens with zero attached hydrogens (tertiary/aromatic N) is 2. The molecule has 0 spiro atoms. The molecule has 6 nitrogen and oxygen atoms in total. The molecule has 1 atom stereocenters. The van der Waals surface area contributed by atoms with Crippen LogP contribution in [0.15, 0.2) is 59.0 Å². The normalized spacial score (nSPS) is 17.1. The lowest BCUT2D eigenvalue weighted by atomic mass is 9.87. The highest BCUT2D eigenvalue weighted by Crippen LogP contribution is 2.41. The summed E-state index contributed by atoms with van der Waals surface area (Å²) in [6.45, 7) is 4.70. The molecule has 1 saturated carbocycles. The summed E-state index contributed by atoms with van der Waals surface area (Å²) in [6, 6.07) is 15.5. The summed E-state index contributed by atoms with van der Waals surface area (Å²) in [5.41, 5.74) is 3.03. The lowest BCUT2D eigenvalue weighted by molar-refractivity contribution is -0.134. The van der Waals surface area contributed by atoms with Crippen molar-refractivity contribution in [2.24, 2.45) is 5.92 Å². The van der Waals surface area contributed by atoms with Gasteiger partial charge in [0.15, 0.2) is 5.76 Å². The van der Waals surface area contributed by atoms with E-state index in [1.165, 1.54) is 12.1 Å². The van der Waals surface area contributed by atoms with Gasteiger partial charge in [-0.15, -0.1) is 0 Å². The van der Waals surface area contributed by atoms with Crippen molar-refractivity contribution in [2.75, 3.05) is 13.6 Å². The van der Waals surface area contributed by atoms with E-state index in [9.17, 15) is 14.0 Å². The Balaban J connectivity index is 1.38. The van der Waals surface area contributed by atoms with Crippen LogP contribution in [0, 0.1) is 11.7 Å². The van der Waals surface area contributed by atoms with E-state index in [0.717, 1.165) is 36.0 Å². The zero-order chi connectivity index (χ0) is 25.4. The van der Waals surface area contributed by atoms with Crippen molar-refractivity contribution >= 4 is 11.8 Å². The van der Waals surface area contributed by atoms with Gasteiger partial charge in [-0.05, 0) is 86.2 Å². The summed E-state index contributed by atoms with van der Waals surface area (Å²) in [5, 5.41) is 0. The molecule has 2 aromatic carbocycles. The SMILES string of the molecule is CC(C)N(C)C(=O)c1ccc(COc2ccc3c(c2)C(c2ccc(F)cc2)N(C(=O)C2CC2)CC3)o1. The molecule has 1 aliphatic heterocycles. The third kappa shape index (κ3) is 4.87. The van der Waals surface area contributed by atoms with Crippen LogP contribution < -0.4 is 4.74 Å². The maximum absolute atomic E-state index is 13.7. The van der Waals surface area contributed by atoms with Gasteiger partial charge in [0, 0.05) is 25.6 Å². The summed E-state index contributed by atoms with van der Waals surface area (Å²) in [4.78, 5) is 29.2. The molecule has 2 heterocycles. The Morgan fingerprint density at radius 2 is 1.86 bits per heavy atom. The molecule has 188 valence electrons. The molecule has 1 unspecified atom stereocenters. The van der Waals surface area contributed by atoms with Gasteiger partial charge >= 0.3 is 0 Å². The second-order valence-corrected chi connectivity index (χ2v) is 9.94. The first kappa shape index (κ1) is 24.1. The van der Waals surface area contributed by atoms with Gasteiger partial charge in [0.1, 0.15) is 23.9 Å². The van der Waals surface area contributed by atoms with Crippen LogP contribution in [0.5, 0.6) is 5.75 Å². The number of amides is 2. The molecule has 0 saturated heterocycles. The third-order valence-corrected chi connectivity index (χ3v) is 7.09. The third-order valence-electron chi connectivity index (χ3n) is 7.09. The molecule has 1 fully saturated rings. The molecule has 7 heteroatoms. The first-order valence-corrected chi connectivity index (χ1v) is 12.5. The average molecular weight is 491 g/mol. The van der Waals surface area contributed by atoms with Crippen LogP contribution in [-0.4, -0.2) is 41.2 Å². The highest BCUT2D eigenvalue weighted by molar-refractivity contribution is 5.91. The van der Waals surface area contributed by atoms with E-state index in [2.05, 4.69) is 0 Å². The number of ether oxygens (including phenoxy) is 1. The van der Waals surface area contributed by atoms with Crippen molar-refractivity contribution < 1.29 is 23.1 Å². The van der Waals surface area contributed by atoms with Gasteiger partial charge in [0.2, 0.25) is 5.91 Å². The van der Waals surface area contributed by atoms with Gasteiger partial charge in [0.25, 0.3) is 5.91 Å². The number of hydrogen-bond donors (Lipinski definition) is 0. The Bertz CT molecular complexity index is 1260. The Morgan fingerprint density at radius 3 is 2.56 bits per heavy atom. The van der Waals surface area contributed by atoms with Crippen LogP contribution in [-0.2, 0) is 17.8 Å². The van der Waals surface area contributed by atoms with E-state index in [0.29, 0.717) is 18.1 Å².